The molecule has 6 heteroatoms. The molecule has 0 aliphatic carbocycles. The number of aliphatic hydroxyl groups excluding tert-OH is 1. The van der Waals surface area contributed by atoms with Crippen LogP contribution >= 0.6 is 0 Å². The Kier molecular flexibility index (Phi) is 5.62. The quantitative estimate of drug-likeness (QED) is 0.763. The number of carbonyl (C=O) groups excluding carboxylic acids is 2. The molecule has 24 heavy (non-hydrogen) atoms. The number of methoxy groups -OCH3 is 1. The minimum atomic E-state index is -0.543. The molecule has 1 amide bonds. The van der Waals surface area contributed by atoms with Gasteiger partial charge in [0.05, 0.1) is 39.4 Å². The van der Waals surface area contributed by atoms with Crippen LogP contribution in [0.4, 0.5) is 0 Å². The van der Waals surface area contributed by atoms with Crippen LogP contribution in [0, 0.1) is 0 Å². The van der Waals surface area contributed by atoms with Gasteiger partial charge < -0.3 is 19.6 Å². The number of hydrogen-bond donors (Lipinski definition) is 2. The van der Waals surface area contributed by atoms with Gasteiger partial charge in [-0.15, -0.1) is 0 Å². The predicted molar refractivity (Wildman–Crippen MR) is 90.1 cm³/mol. The largest absolute Gasteiger partial charge is 0.503 e. The number of amides is 1. The minimum Gasteiger partial charge on any atom is -0.503 e. The zero-order chi connectivity index (χ0) is 17.9. The fourth-order valence-corrected chi connectivity index (χ4v) is 2.98. The van der Waals surface area contributed by atoms with Crippen LogP contribution in [-0.4, -0.2) is 56.0 Å². The summed E-state index contributed by atoms with van der Waals surface area (Å²) < 4.78 is 5.15. The minimum absolute atomic E-state index is 0.169. The van der Waals surface area contributed by atoms with Gasteiger partial charge >= 0.3 is 0 Å². The van der Waals surface area contributed by atoms with E-state index < -0.39 is 17.7 Å². The van der Waals surface area contributed by atoms with Crippen LogP contribution < -0.4 is 9.64 Å². The first-order valence-electron chi connectivity index (χ1n) is 8.04. The van der Waals surface area contributed by atoms with E-state index in [0.717, 1.165) is 18.5 Å². The van der Waals surface area contributed by atoms with Crippen LogP contribution in [-0.2, 0) is 9.59 Å². The van der Waals surface area contributed by atoms with Gasteiger partial charge in [0.15, 0.2) is 11.5 Å². The molecule has 0 radical (unpaired) electrons. The Morgan fingerprint density at radius 1 is 1.29 bits per heavy atom. The van der Waals surface area contributed by atoms with E-state index in [1.54, 1.807) is 24.1 Å². The number of ketones is 1. The SMILES string of the molecule is COc1ccc([C@H]2C(C(C)=O)=C(O)C(=O)N2CCC[NH+](C)C)cc1. The van der Waals surface area contributed by atoms with Crippen molar-refractivity contribution in [3.63, 3.8) is 0 Å². The van der Waals surface area contributed by atoms with Crippen LogP contribution in [0.15, 0.2) is 35.6 Å². The summed E-state index contributed by atoms with van der Waals surface area (Å²) in [5.41, 5.74) is 0.956. The van der Waals surface area contributed by atoms with Crippen LogP contribution in [0.25, 0.3) is 0 Å². The number of nitrogens with one attached hydrogen (secondary N) is 1. The first-order chi connectivity index (χ1) is 11.4. The molecule has 0 unspecified atom stereocenters. The Morgan fingerprint density at radius 3 is 2.42 bits per heavy atom. The standard InChI is InChI=1S/C18H24N2O4/c1-12(21)15-16(13-6-8-14(24-4)9-7-13)20(18(23)17(15)22)11-5-10-19(2)3/h6-9,16,22H,5,10-11H2,1-4H3/p+1/t16-/m0/s1. The van der Waals surface area contributed by atoms with E-state index in [9.17, 15) is 14.7 Å². The molecule has 1 aromatic rings. The van der Waals surface area contributed by atoms with Gasteiger partial charge in [-0.2, -0.15) is 0 Å². The van der Waals surface area contributed by atoms with E-state index in [1.807, 2.05) is 26.2 Å². The van der Waals surface area contributed by atoms with Crippen molar-refractivity contribution in [1.29, 1.82) is 0 Å². The number of carbonyl (C=O) groups is 2. The summed E-state index contributed by atoms with van der Waals surface area (Å²) in [5.74, 6) is -0.499. The number of benzene rings is 1. The van der Waals surface area contributed by atoms with Crippen molar-refractivity contribution < 1.29 is 24.3 Å². The second-order valence-electron chi connectivity index (χ2n) is 6.30. The van der Waals surface area contributed by atoms with E-state index in [0.29, 0.717) is 12.3 Å². The van der Waals surface area contributed by atoms with Crippen molar-refractivity contribution in [2.24, 2.45) is 0 Å². The number of aliphatic hydroxyl groups is 1. The van der Waals surface area contributed by atoms with Gasteiger partial charge in [0.2, 0.25) is 0 Å². The van der Waals surface area contributed by atoms with E-state index in [2.05, 4.69) is 0 Å². The predicted octanol–water partition coefficient (Wildman–Crippen LogP) is 0.514. The Labute approximate surface area is 142 Å². The number of nitrogens with zero attached hydrogens (tertiary/aromatic N) is 1. The number of rotatable bonds is 7. The normalized spacial score (nSPS) is 17.8. The number of ether oxygens (including phenoxy) is 1. The number of hydrogen-bond acceptors (Lipinski definition) is 4. The summed E-state index contributed by atoms with van der Waals surface area (Å²) >= 11 is 0. The summed E-state index contributed by atoms with van der Waals surface area (Å²) in [6, 6.07) is 6.67. The number of Topliss-reactive ketones (excluding diaryl/α,β-unsaturated/α-hetero) is 1. The van der Waals surface area contributed by atoms with Gasteiger partial charge in [0, 0.05) is 13.0 Å². The van der Waals surface area contributed by atoms with Crippen LogP contribution in [0.5, 0.6) is 5.75 Å². The van der Waals surface area contributed by atoms with Gasteiger partial charge in [0.25, 0.3) is 5.91 Å². The van der Waals surface area contributed by atoms with E-state index in [1.165, 1.54) is 11.8 Å². The highest BCUT2D eigenvalue weighted by molar-refractivity contribution is 6.08. The van der Waals surface area contributed by atoms with E-state index in [-0.39, 0.29) is 11.4 Å². The molecule has 0 bridgehead atoms. The molecule has 130 valence electrons. The molecule has 1 atom stereocenters. The Morgan fingerprint density at radius 2 is 1.92 bits per heavy atom. The number of quaternary nitrogens is 1. The smallest absolute Gasteiger partial charge is 0.290 e. The summed E-state index contributed by atoms with van der Waals surface area (Å²) in [4.78, 5) is 27.3. The van der Waals surface area contributed by atoms with Gasteiger partial charge in [-0.05, 0) is 24.6 Å². The van der Waals surface area contributed by atoms with Crippen molar-refractivity contribution in [2.45, 2.75) is 19.4 Å². The Hall–Kier alpha value is -2.34. The lowest BCUT2D eigenvalue weighted by Gasteiger charge is -2.26. The van der Waals surface area contributed by atoms with E-state index >= 15 is 0 Å². The maximum Gasteiger partial charge on any atom is 0.290 e. The fraction of sp³-hybridized carbons (Fsp3) is 0.444. The van der Waals surface area contributed by atoms with Crippen LogP contribution in [0.3, 0.4) is 0 Å². The molecule has 1 aromatic carbocycles. The van der Waals surface area contributed by atoms with Crippen molar-refractivity contribution in [3.05, 3.63) is 41.2 Å². The van der Waals surface area contributed by atoms with Gasteiger partial charge in [0.1, 0.15) is 5.75 Å². The lowest BCUT2D eigenvalue weighted by molar-refractivity contribution is -0.858. The highest BCUT2D eigenvalue weighted by Crippen LogP contribution is 2.38. The maximum atomic E-state index is 12.4. The second-order valence-corrected chi connectivity index (χ2v) is 6.30. The summed E-state index contributed by atoms with van der Waals surface area (Å²) in [5, 5.41) is 10.2. The van der Waals surface area contributed by atoms with E-state index in [4.69, 9.17) is 4.74 Å². The molecule has 0 spiro atoms. The molecule has 1 aliphatic heterocycles. The zero-order valence-corrected chi connectivity index (χ0v) is 14.6. The first-order valence-corrected chi connectivity index (χ1v) is 8.04. The Balaban J connectivity index is 2.34. The van der Waals surface area contributed by atoms with Crippen molar-refractivity contribution in [2.75, 3.05) is 34.3 Å². The molecular formula is C18H25N2O4+. The third-order valence-corrected chi connectivity index (χ3v) is 4.19. The molecule has 2 rings (SSSR count). The lowest BCUT2D eigenvalue weighted by atomic mass is 9.96. The summed E-state index contributed by atoms with van der Waals surface area (Å²) in [6.07, 6.45) is 0.791. The third-order valence-electron chi connectivity index (χ3n) is 4.19. The van der Waals surface area contributed by atoms with Gasteiger partial charge in [-0.3, -0.25) is 9.59 Å². The third kappa shape index (κ3) is 3.59. The van der Waals surface area contributed by atoms with Crippen molar-refractivity contribution >= 4 is 11.7 Å². The second kappa shape index (κ2) is 7.49. The van der Waals surface area contributed by atoms with Crippen molar-refractivity contribution in [1.82, 2.24) is 4.90 Å². The molecule has 6 nitrogen and oxygen atoms in total. The molecule has 1 heterocycles. The first kappa shape index (κ1) is 18.0. The Bertz CT molecular complexity index is 649. The summed E-state index contributed by atoms with van der Waals surface area (Å²) in [6.45, 7) is 2.76. The molecule has 0 saturated carbocycles. The maximum absolute atomic E-state index is 12.4. The van der Waals surface area contributed by atoms with Gasteiger partial charge in [-0.25, -0.2) is 0 Å². The highest BCUT2D eigenvalue weighted by Gasteiger charge is 2.42. The van der Waals surface area contributed by atoms with Crippen molar-refractivity contribution in [3.8, 4) is 5.75 Å². The average Bonchev–Trinajstić information content (AvgIpc) is 2.79. The molecule has 0 aromatic heterocycles. The van der Waals surface area contributed by atoms with Gasteiger partial charge in [-0.1, -0.05) is 12.1 Å². The van der Waals surface area contributed by atoms with Crippen LogP contribution in [0.1, 0.15) is 24.9 Å². The average molecular weight is 333 g/mol. The van der Waals surface area contributed by atoms with Crippen LogP contribution in [0.2, 0.25) is 0 Å². The molecular weight excluding hydrogens is 308 g/mol. The molecule has 0 fully saturated rings. The highest BCUT2D eigenvalue weighted by atomic mass is 16.5. The monoisotopic (exact) mass is 333 g/mol. The fourth-order valence-electron chi connectivity index (χ4n) is 2.98. The molecule has 0 saturated heterocycles. The topological polar surface area (TPSA) is 71.3 Å². The lowest BCUT2D eigenvalue weighted by Crippen LogP contribution is -3.05. The molecule has 2 N–H and O–H groups in total. The summed E-state index contributed by atoms with van der Waals surface area (Å²) in [7, 11) is 5.67. The molecule has 1 aliphatic rings. The zero-order valence-electron chi connectivity index (χ0n) is 14.6.